The van der Waals surface area contributed by atoms with Crippen LogP contribution in [-0.4, -0.2) is 95.6 Å². The average molecular weight is 507 g/mol. The number of hydrogen-bond donors (Lipinski definition) is 0. The van der Waals surface area contributed by atoms with Crippen LogP contribution in [-0.2, 0) is 16.0 Å². The van der Waals surface area contributed by atoms with Crippen LogP contribution in [0.3, 0.4) is 0 Å². The Morgan fingerprint density at radius 2 is 1.79 bits per heavy atom. The van der Waals surface area contributed by atoms with Crippen molar-refractivity contribution in [3.05, 3.63) is 51.8 Å². The molecule has 3 atom stereocenters. The van der Waals surface area contributed by atoms with Gasteiger partial charge in [-0.2, -0.15) is 0 Å². The van der Waals surface area contributed by atoms with Crippen LogP contribution in [0.4, 0.5) is 0 Å². The van der Waals surface area contributed by atoms with Crippen molar-refractivity contribution < 1.29 is 18.8 Å². The summed E-state index contributed by atoms with van der Waals surface area (Å²) in [6.07, 6.45) is 3.97. The molecule has 0 N–H and O–H groups in total. The number of hydrogen-bond acceptors (Lipinski definition) is 7. The smallest absolute Gasteiger partial charge is 0.227 e. The Kier molecular flexibility index (Phi) is 7.22. The van der Waals surface area contributed by atoms with Crippen LogP contribution in [0.15, 0.2) is 35.1 Å². The zero-order chi connectivity index (χ0) is 23.7. The minimum Gasteiger partial charge on any atom is -0.378 e. The molecule has 4 heterocycles. The summed E-state index contributed by atoms with van der Waals surface area (Å²) < 4.78 is 10.9. The number of ketones is 1. The molecule has 34 heavy (non-hydrogen) atoms. The first kappa shape index (κ1) is 23.8. The number of likely N-dealkylation sites (tertiary alicyclic amines) is 1. The van der Waals surface area contributed by atoms with E-state index >= 15 is 0 Å². The Hall–Kier alpha value is -1.97. The van der Waals surface area contributed by atoms with E-state index in [2.05, 4.69) is 15.0 Å². The van der Waals surface area contributed by atoms with Crippen molar-refractivity contribution >= 4 is 34.9 Å². The van der Waals surface area contributed by atoms with Crippen molar-refractivity contribution in [1.82, 2.24) is 19.9 Å². The zero-order valence-corrected chi connectivity index (χ0v) is 20.4. The van der Waals surface area contributed by atoms with Gasteiger partial charge in [-0.05, 0) is 43.6 Å². The van der Waals surface area contributed by atoms with Gasteiger partial charge < -0.3 is 14.2 Å². The largest absolute Gasteiger partial charge is 0.378 e. The monoisotopic (exact) mass is 506 g/mol. The van der Waals surface area contributed by atoms with Crippen molar-refractivity contribution in [3.8, 4) is 0 Å². The Bertz CT molecular complexity index is 1030. The van der Waals surface area contributed by atoms with Gasteiger partial charge >= 0.3 is 0 Å². The third-order valence-corrected chi connectivity index (χ3v) is 7.90. The van der Waals surface area contributed by atoms with E-state index in [1.54, 1.807) is 18.2 Å². The van der Waals surface area contributed by atoms with Gasteiger partial charge in [-0.1, -0.05) is 34.4 Å². The SMILES string of the molecule is O=C(CN1CCN(C(=O)Cc2ccc(Cl)c(Cl)c2)C2C1COC[C@@H]2N1CCCC1)c1ccon1. The molecule has 182 valence electrons. The maximum Gasteiger partial charge on any atom is 0.227 e. The molecule has 8 nitrogen and oxygen atoms in total. The van der Waals surface area contributed by atoms with Crippen LogP contribution in [0, 0.1) is 0 Å². The summed E-state index contributed by atoms with van der Waals surface area (Å²) in [4.78, 5) is 33.0. The summed E-state index contributed by atoms with van der Waals surface area (Å²) in [7, 11) is 0. The number of nitrogens with zero attached hydrogens (tertiary/aromatic N) is 4. The van der Waals surface area contributed by atoms with Crippen LogP contribution >= 0.6 is 23.2 Å². The molecular formula is C24H28Cl2N4O4. The number of Topliss-reactive ketones (excluding diaryl/α,β-unsaturated/α-hetero) is 1. The van der Waals surface area contributed by atoms with E-state index in [1.807, 2.05) is 11.0 Å². The van der Waals surface area contributed by atoms with Gasteiger partial charge in [0, 0.05) is 19.2 Å². The van der Waals surface area contributed by atoms with E-state index in [-0.39, 0.29) is 42.8 Å². The molecule has 3 aliphatic rings. The number of benzene rings is 1. The van der Waals surface area contributed by atoms with Crippen molar-refractivity contribution in [1.29, 1.82) is 0 Å². The highest BCUT2D eigenvalue weighted by molar-refractivity contribution is 6.42. The number of amides is 1. The lowest BCUT2D eigenvalue weighted by molar-refractivity contribution is -0.151. The standard InChI is InChI=1S/C24H28Cl2N4O4/c25-17-4-3-16(11-18(17)26)12-23(32)30-9-8-29(13-22(31)19-5-10-34-27-19)21-15-33-14-20(24(21)30)28-6-1-2-7-28/h3-5,10-11,20-21,24H,1-2,6-9,12-15H2/t20-,21?,24?/m0/s1. The van der Waals surface area contributed by atoms with E-state index in [4.69, 9.17) is 32.5 Å². The minimum atomic E-state index is -0.0913. The Balaban J connectivity index is 1.38. The van der Waals surface area contributed by atoms with Crippen LogP contribution in [0.2, 0.25) is 10.0 Å². The number of carbonyl (C=O) groups is 2. The fraction of sp³-hybridized carbons (Fsp3) is 0.542. The highest BCUT2D eigenvalue weighted by atomic mass is 35.5. The highest BCUT2D eigenvalue weighted by Gasteiger charge is 2.48. The summed E-state index contributed by atoms with van der Waals surface area (Å²) in [5.41, 5.74) is 1.16. The van der Waals surface area contributed by atoms with Gasteiger partial charge in [0.2, 0.25) is 5.91 Å². The van der Waals surface area contributed by atoms with Crippen molar-refractivity contribution in [3.63, 3.8) is 0 Å². The fourth-order valence-electron chi connectivity index (χ4n) is 5.48. The van der Waals surface area contributed by atoms with Crippen LogP contribution < -0.4 is 0 Å². The fourth-order valence-corrected chi connectivity index (χ4v) is 5.80. The van der Waals surface area contributed by atoms with Gasteiger partial charge in [0.25, 0.3) is 0 Å². The first-order valence-electron chi connectivity index (χ1n) is 11.7. The maximum absolute atomic E-state index is 13.6. The van der Waals surface area contributed by atoms with Gasteiger partial charge in [-0.15, -0.1) is 0 Å². The number of rotatable bonds is 6. The van der Waals surface area contributed by atoms with Crippen LogP contribution in [0.25, 0.3) is 0 Å². The number of carbonyl (C=O) groups excluding carboxylic acids is 2. The molecule has 2 aromatic rings. The van der Waals surface area contributed by atoms with Gasteiger partial charge in [-0.3, -0.25) is 19.4 Å². The lowest BCUT2D eigenvalue weighted by Crippen LogP contribution is -2.72. The topological polar surface area (TPSA) is 79.1 Å². The van der Waals surface area contributed by atoms with Crippen LogP contribution in [0.5, 0.6) is 0 Å². The molecule has 10 heteroatoms. The Morgan fingerprint density at radius 1 is 1.00 bits per heavy atom. The molecule has 3 fully saturated rings. The Morgan fingerprint density at radius 3 is 2.53 bits per heavy atom. The molecule has 1 aromatic carbocycles. The number of aromatic nitrogens is 1. The van der Waals surface area contributed by atoms with Crippen molar-refractivity contribution in [2.24, 2.45) is 0 Å². The normalized spacial score (nSPS) is 25.9. The molecule has 0 radical (unpaired) electrons. The van der Waals surface area contributed by atoms with Crippen molar-refractivity contribution in [2.75, 3.05) is 45.9 Å². The van der Waals surface area contributed by atoms with Crippen molar-refractivity contribution in [2.45, 2.75) is 37.4 Å². The molecule has 5 rings (SSSR count). The third-order valence-electron chi connectivity index (χ3n) is 7.16. The second-order valence-electron chi connectivity index (χ2n) is 9.20. The van der Waals surface area contributed by atoms with E-state index in [9.17, 15) is 9.59 Å². The molecule has 3 saturated heterocycles. The molecule has 1 amide bonds. The van der Waals surface area contributed by atoms with E-state index in [1.165, 1.54) is 6.26 Å². The molecule has 1 aromatic heterocycles. The van der Waals surface area contributed by atoms with Gasteiger partial charge in [0.05, 0.1) is 54.4 Å². The van der Waals surface area contributed by atoms with Gasteiger partial charge in [-0.25, -0.2) is 0 Å². The maximum atomic E-state index is 13.6. The summed E-state index contributed by atoms with van der Waals surface area (Å²) in [6, 6.07) is 6.89. The molecule has 0 bridgehead atoms. The third kappa shape index (κ3) is 4.88. The number of ether oxygens (including phenoxy) is 1. The van der Waals surface area contributed by atoms with E-state index in [0.29, 0.717) is 42.0 Å². The van der Waals surface area contributed by atoms with Crippen LogP contribution in [0.1, 0.15) is 28.9 Å². The summed E-state index contributed by atoms with van der Waals surface area (Å²) in [6.45, 7) is 4.44. The highest BCUT2D eigenvalue weighted by Crippen LogP contribution is 2.30. The first-order valence-corrected chi connectivity index (χ1v) is 12.5. The lowest BCUT2D eigenvalue weighted by Gasteiger charge is -2.54. The quantitative estimate of drug-likeness (QED) is 0.557. The molecule has 0 aliphatic carbocycles. The number of fused-ring (bicyclic) bond motifs is 1. The minimum absolute atomic E-state index is 0.0546. The summed E-state index contributed by atoms with van der Waals surface area (Å²) in [5.74, 6) is -0.0339. The summed E-state index contributed by atoms with van der Waals surface area (Å²) in [5, 5.41) is 4.71. The lowest BCUT2D eigenvalue weighted by atomic mass is 9.90. The molecule has 3 aliphatic heterocycles. The average Bonchev–Trinajstić information content (AvgIpc) is 3.56. The second-order valence-corrected chi connectivity index (χ2v) is 10.0. The number of halogens is 2. The van der Waals surface area contributed by atoms with E-state index in [0.717, 1.165) is 31.5 Å². The molecular weight excluding hydrogens is 479 g/mol. The molecule has 0 spiro atoms. The first-order chi connectivity index (χ1) is 16.5. The van der Waals surface area contributed by atoms with E-state index < -0.39 is 0 Å². The molecule has 2 unspecified atom stereocenters. The van der Waals surface area contributed by atoms with Gasteiger partial charge in [0.1, 0.15) is 6.26 Å². The second kappa shape index (κ2) is 10.3. The number of piperazine rings is 1. The predicted octanol–water partition coefficient (Wildman–Crippen LogP) is 2.78. The predicted molar refractivity (Wildman–Crippen MR) is 127 cm³/mol. The van der Waals surface area contributed by atoms with Gasteiger partial charge in [0.15, 0.2) is 11.5 Å². The molecule has 0 saturated carbocycles. The Labute approximate surface area is 208 Å². The summed E-state index contributed by atoms with van der Waals surface area (Å²) >= 11 is 12.2. The zero-order valence-electron chi connectivity index (χ0n) is 18.9.